The Balaban J connectivity index is 2.26. The van der Waals surface area contributed by atoms with Gasteiger partial charge in [-0.1, -0.05) is 0 Å². The maximum atomic E-state index is 11.1. The zero-order valence-electron chi connectivity index (χ0n) is 7.64. The Kier molecular flexibility index (Phi) is 3.37. The number of amides is 1. The van der Waals surface area contributed by atoms with Gasteiger partial charge >= 0.3 is 8.80 Å². The lowest BCUT2D eigenvalue weighted by Gasteiger charge is -2.15. The van der Waals surface area contributed by atoms with Crippen molar-refractivity contribution in [2.75, 3.05) is 13.1 Å². The largest absolute Gasteiger partial charge is 0.492 e. The van der Waals surface area contributed by atoms with Crippen molar-refractivity contribution < 1.29 is 24.0 Å². The highest BCUT2D eigenvalue weighted by molar-refractivity contribution is 6.56. The number of Topliss-reactive ketones (excluding diaryl/α,β-unsaturated/α-hetero) is 1. The molecule has 0 aromatic carbocycles. The van der Waals surface area contributed by atoms with Gasteiger partial charge in [0.1, 0.15) is 0 Å². The van der Waals surface area contributed by atoms with Gasteiger partial charge < -0.3 is 19.3 Å². The van der Waals surface area contributed by atoms with E-state index in [1.165, 1.54) is 4.90 Å². The Labute approximate surface area is 82.1 Å². The lowest BCUT2D eigenvalue weighted by atomic mass is 10.3. The van der Waals surface area contributed by atoms with E-state index in [-0.39, 0.29) is 30.7 Å². The second-order valence-electron chi connectivity index (χ2n) is 3.41. The van der Waals surface area contributed by atoms with Crippen LogP contribution in [0.25, 0.3) is 0 Å². The Bertz CT molecular complexity index is 249. The molecule has 1 amide bonds. The number of ketones is 1. The quantitative estimate of drug-likeness (QED) is 0.379. The van der Waals surface area contributed by atoms with Gasteiger partial charge in [-0.2, -0.15) is 0 Å². The summed E-state index contributed by atoms with van der Waals surface area (Å²) in [5.74, 6) is -0.341. The van der Waals surface area contributed by atoms with Gasteiger partial charge in [0.05, 0.1) is 13.0 Å². The molecule has 6 nitrogen and oxygen atoms in total. The van der Waals surface area contributed by atoms with Gasteiger partial charge in [0.2, 0.25) is 5.91 Å². The average Bonchev–Trinajstić information content (AvgIpc) is 2.27. The molecule has 1 rings (SSSR count). The molecule has 1 aliphatic heterocycles. The van der Waals surface area contributed by atoms with Crippen molar-refractivity contribution >= 4 is 20.5 Å². The number of carbonyl (C=O) groups is 2. The highest BCUT2D eigenvalue weighted by Gasteiger charge is 2.30. The molecule has 0 aliphatic carbocycles. The van der Waals surface area contributed by atoms with E-state index in [4.69, 9.17) is 14.4 Å². The highest BCUT2D eigenvalue weighted by Crippen LogP contribution is 2.09. The third kappa shape index (κ3) is 3.54. The van der Waals surface area contributed by atoms with Crippen LogP contribution in [0.2, 0.25) is 6.04 Å². The van der Waals surface area contributed by atoms with Crippen LogP contribution in [-0.2, 0) is 9.59 Å². The third-order valence-electron chi connectivity index (χ3n) is 2.01. The molecule has 3 N–H and O–H groups in total. The molecular formula is C7H13NO5Si. The molecule has 1 aliphatic rings. The van der Waals surface area contributed by atoms with Gasteiger partial charge in [-0.05, 0) is 6.42 Å². The maximum Gasteiger partial charge on any atom is 0.492 e. The van der Waals surface area contributed by atoms with Crippen molar-refractivity contribution in [1.29, 1.82) is 0 Å². The molecule has 1 heterocycles. The summed E-state index contributed by atoms with van der Waals surface area (Å²) >= 11 is 0. The SMILES string of the molecule is O=C1CC(=O)N(CCC[Si](O)(O)O)C1. The maximum absolute atomic E-state index is 11.1. The normalized spacial score (nSPS) is 18.1. The summed E-state index contributed by atoms with van der Waals surface area (Å²) in [7, 11) is -3.99. The van der Waals surface area contributed by atoms with E-state index in [1.54, 1.807) is 0 Å². The minimum absolute atomic E-state index is 0.0556. The van der Waals surface area contributed by atoms with E-state index in [0.29, 0.717) is 13.0 Å². The van der Waals surface area contributed by atoms with Gasteiger partial charge in [0, 0.05) is 12.6 Å². The van der Waals surface area contributed by atoms with E-state index in [0.717, 1.165) is 0 Å². The first-order valence-electron chi connectivity index (χ1n) is 4.35. The average molecular weight is 219 g/mol. The van der Waals surface area contributed by atoms with E-state index < -0.39 is 8.80 Å². The molecule has 0 radical (unpaired) electrons. The standard InChI is InChI=1S/C7H13NO5Si/c9-6-4-7(10)8(5-6)2-1-3-14(11,12)13/h11-13H,1-5H2. The molecular weight excluding hydrogens is 206 g/mol. The summed E-state index contributed by atoms with van der Waals surface area (Å²) in [6.07, 6.45) is 0.245. The fourth-order valence-electron chi connectivity index (χ4n) is 1.35. The summed E-state index contributed by atoms with van der Waals surface area (Å²) in [6.45, 7) is 0.399. The first-order chi connectivity index (χ1) is 6.38. The minimum Gasteiger partial charge on any atom is -0.390 e. The highest BCUT2D eigenvalue weighted by atomic mass is 28.4. The first kappa shape index (κ1) is 11.3. The molecule has 0 saturated carbocycles. The summed E-state index contributed by atoms with van der Waals surface area (Å²) < 4.78 is 0. The van der Waals surface area contributed by atoms with Crippen LogP contribution in [0.4, 0.5) is 0 Å². The summed E-state index contributed by atoms with van der Waals surface area (Å²) in [4.78, 5) is 49.3. The van der Waals surface area contributed by atoms with Crippen LogP contribution in [0.5, 0.6) is 0 Å². The van der Waals surface area contributed by atoms with Crippen molar-refractivity contribution in [2.24, 2.45) is 0 Å². The van der Waals surface area contributed by atoms with Crippen LogP contribution in [-0.4, -0.2) is 52.9 Å². The summed E-state index contributed by atoms with van der Waals surface area (Å²) in [6, 6.07) is -0.106. The molecule has 7 heteroatoms. The number of hydrogen-bond donors (Lipinski definition) is 3. The number of hydrogen-bond acceptors (Lipinski definition) is 5. The fraction of sp³-hybridized carbons (Fsp3) is 0.714. The van der Waals surface area contributed by atoms with Crippen LogP contribution in [0.3, 0.4) is 0 Å². The molecule has 0 unspecified atom stereocenters. The van der Waals surface area contributed by atoms with Crippen LogP contribution >= 0.6 is 0 Å². The number of rotatable bonds is 4. The van der Waals surface area contributed by atoms with Crippen LogP contribution in [0.1, 0.15) is 12.8 Å². The Morgan fingerprint density at radius 3 is 2.36 bits per heavy atom. The smallest absolute Gasteiger partial charge is 0.390 e. The molecule has 0 aromatic rings. The van der Waals surface area contributed by atoms with Crippen LogP contribution < -0.4 is 0 Å². The molecule has 0 aromatic heterocycles. The predicted octanol–water partition coefficient (Wildman–Crippen LogP) is -1.91. The van der Waals surface area contributed by atoms with Crippen molar-refractivity contribution in [3.8, 4) is 0 Å². The van der Waals surface area contributed by atoms with Crippen molar-refractivity contribution in [3.05, 3.63) is 0 Å². The monoisotopic (exact) mass is 219 g/mol. The number of likely N-dealkylation sites (tertiary alicyclic amines) is 1. The third-order valence-corrected chi connectivity index (χ3v) is 3.03. The summed E-state index contributed by atoms with van der Waals surface area (Å²) in [5.41, 5.74) is 0. The second kappa shape index (κ2) is 4.18. The molecule has 80 valence electrons. The van der Waals surface area contributed by atoms with E-state index in [9.17, 15) is 9.59 Å². The minimum atomic E-state index is -3.99. The summed E-state index contributed by atoms with van der Waals surface area (Å²) in [5, 5.41) is 0. The zero-order valence-corrected chi connectivity index (χ0v) is 8.64. The Morgan fingerprint density at radius 1 is 1.29 bits per heavy atom. The second-order valence-corrected chi connectivity index (χ2v) is 5.46. The molecule has 1 fully saturated rings. The van der Waals surface area contributed by atoms with E-state index in [2.05, 4.69) is 0 Å². The molecule has 0 bridgehead atoms. The lowest BCUT2D eigenvalue weighted by Crippen LogP contribution is -2.36. The zero-order chi connectivity index (χ0) is 10.8. The topological polar surface area (TPSA) is 98.1 Å². The van der Waals surface area contributed by atoms with Crippen molar-refractivity contribution in [2.45, 2.75) is 18.9 Å². The van der Waals surface area contributed by atoms with Crippen LogP contribution in [0.15, 0.2) is 0 Å². The van der Waals surface area contributed by atoms with Gasteiger partial charge in [-0.15, -0.1) is 0 Å². The van der Waals surface area contributed by atoms with Gasteiger partial charge in [-0.3, -0.25) is 9.59 Å². The predicted molar refractivity (Wildman–Crippen MR) is 48.0 cm³/mol. The molecule has 0 atom stereocenters. The van der Waals surface area contributed by atoms with Gasteiger partial charge in [0.25, 0.3) is 0 Å². The Hall–Kier alpha value is -0.763. The lowest BCUT2D eigenvalue weighted by molar-refractivity contribution is -0.127. The van der Waals surface area contributed by atoms with Crippen molar-refractivity contribution in [3.63, 3.8) is 0 Å². The Morgan fingerprint density at radius 2 is 1.93 bits per heavy atom. The molecule has 0 spiro atoms. The van der Waals surface area contributed by atoms with Crippen molar-refractivity contribution in [1.82, 2.24) is 4.90 Å². The molecule has 1 saturated heterocycles. The number of carbonyl (C=O) groups excluding carboxylic acids is 2. The first-order valence-corrected chi connectivity index (χ1v) is 6.40. The van der Waals surface area contributed by atoms with E-state index >= 15 is 0 Å². The van der Waals surface area contributed by atoms with E-state index in [1.807, 2.05) is 0 Å². The van der Waals surface area contributed by atoms with Gasteiger partial charge in [-0.25, -0.2) is 0 Å². The van der Waals surface area contributed by atoms with Crippen LogP contribution in [0, 0.1) is 0 Å². The number of nitrogens with zero attached hydrogens (tertiary/aromatic N) is 1. The van der Waals surface area contributed by atoms with Gasteiger partial charge in [0.15, 0.2) is 5.78 Å². The molecule has 14 heavy (non-hydrogen) atoms. The fourth-order valence-corrected chi connectivity index (χ4v) is 1.98.